The number of hydrogen-bond donors (Lipinski definition) is 0. The highest BCUT2D eigenvalue weighted by Crippen LogP contribution is 2.64. The summed E-state index contributed by atoms with van der Waals surface area (Å²) in [7, 11) is -7.92. The molecule has 2 unspecified atom stereocenters. The number of nitro groups is 1. The van der Waals surface area contributed by atoms with Gasteiger partial charge in [-0.2, -0.15) is 78.9 Å². The minimum atomic E-state index is -9.02. The van der Waals surface area contributed by atoms with E-state index in [1.165, 1.54) is 19.9 Å². The first-order valence-corrected chi connectivity index (χ1v) is 16.3. The van der Waals surface area contributed by atoms with Crippen molar-refractivity contribution in [2.75, 3.05) is 26.8 Å². The summed E-state index contributed by atoms with van der Waals surface area (Å²) >= 11 is 0. The van der Waals surface area contributed by atoms with Crippen LogP contribution >= 0.6 is 0 Å². The van der Waals surface area contributed by atoms with Crippen LogP contribution in [0.4, 0.5) is 80.3 Å². The molecule has 0 radical (unpaired) electrons. The van der Waals surface area contributed by atoms with Crippen LogP contribution in [-0.4, -0.2) is 109 Å². The number of carbonyl (C=O) groups is 2. The summed E-state index contributed by atoms with van der Waals surface area (Å²) in [5.41, 5.74) is -1.76. The summed E-state index contributed by atoms with van der Waals surface area (Å²) in [5.74, 6) is -58.5. The fourth-order valence-electron chi connectivity index (χ4n) is 5.00. The molecule has 0 N–H and O–H groups in total. The zero-order chi connectivity index (χ0) is 44.9. The van der Waals surface area contributed by atoms with E-state index >= 15 is 0 Å². The Balaban J connectivity index is 2.50. The number of aliphatic imine (C=N–C) groups is 1. The van der Waals surface area contributed by atoms with Crippen LogP contribution in [0.25, 0.3) is 0 Å². The van der Waals surface area contributed by atoms with Crippen LogP contribution in [0, 0.1) is 16.0 Å². The van der Waals surface area contributed by atoms with Crippen LogP contribution in [0.15, 0.2) is 40.5 Å². The first-order valence-electron chi connectivity index (χ1n) is 14.9. The van der Waals surface area contributed by atoms with Crippen molar-refractivity contribution in [3.63, 3.8) is 0 Å². The third-order valence-corrected chi connectivity index (χ3v) is 10.0. The van der Waals surface area contributed by atoms with Gasteiger partial charge in [-0.3, -0.25) is 19.9 Å². The first kappa shape index (κ1) is 48.8. The van der Waals surface area contributed by atoms with Crippen molar-refractivity contribution in [2.24, 2.45) is 10.9 Å². The van der Waals surface area contributed by atoms with E-state index in [9.17, 15) is 103 Å². The maximum Gasteiger partial charge on any atom is 0.460 e. The van der Waals surface area contributed by atoms with Gasteiger partial charge in [0.1, 0.15) is 12.5 Å². The molecule has 1 aliphatic rings. The van der Waals surface area contributed by atoms with Gasteiger partial charge in [-0.05, 0) is 26.3 Å². The number of esters is 2. The standard InChI is InChI=1S/C28H24F17N3O8S/c1-5-55-19(49)16-12(2)46-13(3)17(18(16)14-7-6-8-15(11-14)48(51)52)20(50)56-10-9-47(4)57(53,54)28(44,45)26(39,40)24(35,36)22(31,32)21(29,30)23(33,34)25(37,38)27(41,42)43/h6-8,11,16,18H,5,9-10H2,1-4H3. The average Bonchev–Trinajstić information content (AvgIpc) is 3.06. The SMILES string of the molecule is CCOC(=O)C1C(C)=NC(C)=C(C(=O)OCCN(C)S(=O)(=O)C(F)(F)C(F)(F)C(F)(F)C(F)(F)C(F)(F)C(F)(F)C(F)(F)C(F)(F)F)C1c1cccc([N+](=O)[O-])c1. The van der Waals surface area contributed by atoms with E-state index < -0.39 is 114 Å². The van der Waals surface area contributed by atoms with Crippen molar-refractivity contribution in [1.82, 2.24) is 4.31 Å². The Morgan fingerprint density at radius 3 is 1.74 bits per heavy atom. The summed E-state index contributed by atoms with van der Waals surface area (Å²) in [5, 5.41) is 3.56. The first-order chi connectivity index (χ1) is 25.4. The summed E-state index contributed by atoms with van der Waals surface area (Å²) in [6, 6.07) is 4.15. The number of carbonyl (C=O) groups excluding carboxylic acids is 2. The van der Waals surface area contributed by atoms with Gasteiger partial charge in [-0.25, -0.2) is 13.2 Å². The number of sulfonamides is 1. The molecule has 0 amide bonds. The Hall–Kier alpha value is -4.31. The van der Waals surface area contributed by atoms with Gasteiger partial charge < -0.3 is 9.47 Å². The van der Waals surface area contributed by atoms with Crippen LogP contribution in [-0.2, 0) is 29.1 Å². The third-order valence-electron chi connectivity index (χ3n) is 8.10. The van der Waals surface area contributed by atoms with E-state index in [2.05, 4.69) is 4.99 Å². The molecule has 2 rings (SSSR count). The van der Waals surface area contributed by atoms with Crippen molar-refractivity contribution >= 4 is 33.4 Å². The van der Waals surface area contributed by atoms with Crippen LogP contribution in [0.3, 0.4) is 0 Å². The normalized spacial score (nSPS) is 18.4. The summed E-state index contributed by atoms with van der Waals surface area (Å²) < 4.78 is 265. The molecule has 0 saturated heterocycles. The van der Waals surface area contributed by atoms with Gasteiger partial charge in [-0.1, -0.05) is 12.1 Å². The Morgan fingerprint density at radius 1 is 0.807 bits per heavy atom. The highest BCUT2D eigenvalue weighted by molar-refractivity contribution is 7.90. The molecule has 324 valence electrons. The number of nitro benzene ring substituents is 1. The van der Waals surface area contributed by atoms with E-state index in [1.807, 2.05) is 0 Å². The predicted octanol–water partition coefficient (Wildman–Crippen LogP) is 7.38. The molecule has 0 aliphatic carbocycles. The molecule has 57 heavy (non-hydrogen) atoms. The van der Waals surface area contributed by atoms with Gasteiger partial charge in [0.25, 0.3) is 15.7 Å². The number of non-ortho nitro benzene ring substituents is 1. The van der Waals surface area contributed by atoms with Gasteiger partial charge in [0, 0.05) is 43.1 Å². The Bertz CT molecular complexity index is 1920. The zero-order valence-corrected chi connectivity index (χ0v) is 29.3. The van der Waals surface area contributed by atoms with E-state index in [-0.39, 0.29) is 30.6 Å². The quantitative estimate of drug-likeness (QED) is 0.0724. The summed E-state index contributed by atoms with van der Waals surface area (Å²) in [6.45, 7) is -0.0163. The lowest BCUT2D eigenvalue weighted by molar-refractivity contribution is -0.458. The van der Waals surface area contributed by atoms with Crippen LogP contribution in [0.2, 0.25) is 0 Å². The zero-order valence-electron chi connectivity index (χ0n) is 28.5. The van der Waals surface area contributed by atoms with Crippen LogP contribution < -0.4 is 0 Å². The highest BCUT2D eigenvalue weighted by Gasteiger charge is 2.96. The minimum Gasteiger partial charge on any atom is -0.465 e. The predicted molar refractivity (Wildman–Crippen MR) is 155 cm³/mol. The van der Waals surface area contributed by atoms with Crippen LogP contribution in [0.5, 0.6) is 0 Å². The molecule has 1 aliphatic heterocycles. The number of likely N-dealkylation sites (N-methyl/N-ethyl adjacent to an activating group) is 1. The number of ether oxygens (including phenoxy) is 2. The monoisotopic (exact) mass is 885 g/mol. The second-order valence-electron chi connectivity index (χ2n) is 11.7. The summed E-state index contributed by atoms with van der Waals surface area (Å²) in [6.07, 6.45) is -7.97. The lowest BCUT2D eigenvalue weighted by Gasteiger charge is -2.42. The molecular weight excluding hydrogens is 861 g/mol. The maximum absolute atomic E-state index is 14.7. The molecule has 1 aromatic rings. The van der Waals surface area contributed by atoms with Gasteiger partial charge in [0.15, 0.2) is 0 Å². The molecular formula is C28H24F17N3O8S. The van der Waals surface area contributed by atoms with Crippen LogP contribution in [0.1, 0.15) is 32.3 Å². The molecule has 1 aromatic carbocycles. The smallest absolute Gasteiger partial charge is 0.460 e. The molecule has 0 saturated carbocycles. The molecule has 1 heterocycles. The molecule has 0 bridgehead atoms. The van der Waals surface area contributed by atoms with Crippen molar-refractivity contribution < 1.29 is 107 Å². The fourth-order valence-corrected chi connectivity index (χ4v) is 6.16. The topological polar surface area (TPSA) is 145 Å². The highest BCUT2D eigenvalue weighted by atomic mass is 32.2. The Labute approximate surface area is 307 Å². The van der Waals surface area contributed by atoms with Crippen molar-refractivity contribution in [3.05, 3.63) is 51.2 Å². The number of nitrogens with zero attached hydrogens (tertiary/aromatic N) is 3. The molecule has 0 aromatic heterocycles. The van der Waals surface area contributed by atoms with Crippen molar-refractivity contribution in [2.45, 2.75) is 73.7 Å². The number of rotatable bonds is 16. The molecule has 0 fully saturated rings. The van der Waals surface area contributed by atoms with Crippen molar-refractivity contribution in [1.29, 1.82) is 0 Å². The molecule has 11 nitrogen and oxygen atoms in total. The molecule has 2 atom stereocenters. The fraction of sp³-hybridized carbons (Fsp3) is 0.607. The Morgan fingerprint density at radius 2 is 1.28 bits per heavy atom. The van der Waals surface area contributed by atoms with E-state index in [4.69, 9.17) is 9.47 Å². The van der Waals surface area contributed by atoms with Gasteiger partial charge in [0.05, 0.1) is 17.1 Å². The van der Waals surface area contributed by atoms with Crippen molar-refractivity contribution in [3.8, 4) is 0 Å². The van der Waals surface area contributed by atoms with E-state index in [0.717, 1.165) is 25.1 Å². The lowest BCUT2D eigenvalue weighted by Crippen LogP contribution is -2.75. The largest absolute Gasteiger partial charge is 0.465 e. The third kappa shape index (κ3) is 7.71. The number of alkyl halides is 17. The average molecular weight is 886 g/mol. The van der Waals surface area contributed by atoms with Gasteiger partial charge >= 0.3 is 58.9 Å². The van der Waals surface area contributed by atoms with E-state index in [0.29, 0.717) is 0 Å². The second kappa shape index (κ2) is 15.5. The molecule has 0 spiro atoms. The second-order valence-corrected chi connectivity index (χ2v) is 13.8. The lowest BCUT2D eigenvalue weighted by atomic mass is 9.75. The number of halogens is 17. The minimum absolute atomic E-state index is 0.0501. The Kier molecular flexibility index (Phi) is 13.2. The maximum atomic E-state index is 14.7. The number of benzene rings is 1. The number of allylic oxidation sites excluding steroid dienone is 1. The van der Waals surface area contributed by atoms with Gasteiger partial charge in [0.2, 0.25) is 0 Å². The number of hydrogen-bond acceptors (Lipinski definition) is 9. The summed E-state index contributed by atoms with van der Waals surface area (Å²) in [4.78, 5) is 40.7. The molecule has 29 heteroatoms. The van der Waals surface area contributed by atoms with E-state index in [1.54, 1.807) is 0 Å². The van der Waals surface area contributed by atoms with Gasteiger partial charge in [-0.15, -0.1) is 0 Å².